The molecule has 8 nitrogen and oxygen atoms in total. The van der Waals surface area contributed by atoms with Gasteiger partial charge in [-0.1, -0.05) is 36.4 Å². The van der Waals surface area contributed by atoms with Gasteiger partial charge in [0.25, 0.3) is 5.56 Å². The number of nitrogens with zero attached hydrogens (tertiary/aromatic N) is 5. The third kappa shape index (κ3) is 4.26. The Bertz CT molecular complexity index is 1370. The van der Waals surface area contributed by atoms with Crippen molar-refractivity contribution in [2.24, 2.45) is 14.1 Å². The molecule has 0 bridgehead atoms. The molecule has 0 N–H and O–H groups in total. The van der Waals surface area contributed by atoms with Crippen molar-refractivity contribution in [1.82, 2.24) is 23.6 Å². The number of carbonyl (C=O) groups is 1. The van der Waals surface area contributed by atoms with Crippen LogP contribution in [-0.4, -0.2) is 36.0 Å². The summed E-state index contributed by atoms with van der Waals surface area (Å²) in [7, 11) is 2.91. The van der Waals surface area contributed by atoms with Crippen molar-refractivity contribution in [3.05, 3.63) is 84.4 Å². The molecule has 0 radical (unpaired) electrons. The fraction of sp³-hybridized carbons (Fsp3) is 0.273. The zero-order chi connectivity index (χ0) is 22.8. The quantitative estimate of drug-likeness (QED) is 0.388. The number of fused-ring (bicyclic) bond motifs is 1. The third-order valence-corrected chi connectivity index (χ3v) is 6.54. The summed E-state index contributed by atoms with van der Waals surface area (Å²) in [4.78, 5) is 45.3. The maximum absolute atomic E-state index is 13.3. The van der Waals surface area contributed by atoms with E-state index in [1.54, 1.807) is 16.2 Å². The number of rotatable bonds is 7. The first-order chi connectivity index (χ1) is 15.4. The van der Waals surface area contributed by atoms with Crippen LogP contribution in [0.4, 0.5) is 0 Å². The number of amides is 1. The molecule has 166 valence electrons. The highest BCUT2D eigenvalue weighted by atomic mass is 35.5. The Morgan fingerprint density at radius 2 is 1.84 bits per heavy atom. The number of aromatic nitrogens is 4. The van der Waals surface area contributed by atoms with Crippen LogP contribution in [0, 0.1) is 0 Å². The van der Waals surface area contributed by atoms with Gasteiger partial charge in [-0.15, -0.1) is 11.3 Å². The van der Waals surface area contributed by atoms with Gasteiger partial charge in [0.1, 0.15) is 6.54 Å². The number of hydrogen-bond donors (Lipinski definition) is 0. The minimum atomic E-state index is -0.538. The van der Waals surface area contributed by atoms with Crippen molar-refractivity contribution in [2.75, 3.05) is 6.54 Å². The molecule has 0 saturated carbocycles. The normalized spacial score (nSPS) is 11.2. The highest BCUT2D eigenvalue weighted by molar-refractivity contribution is 7.09. The average Bonchev–Trinajstić information content (AvgIpc) is 3.42. The second-order valence-corrected chi connectivity index (χ2v) is 8.85. The first-order valence-corrected chi connectivity index (χ1v) is 11.3. The second-order valence-electron chi connectivity index (χ2n) is 7.48. The van der Waals surface area contributed by atoms with Gasteiger partial charge in [0, 0.05) is 25.5 Å². The van der Waals surface area contributed by atoms with Crippen LogP contribution in [0.2, 0.25) is 5.28 Å². The molecule has 0 aliphatic rings. The van der Waals surface area contributed by atoms with Crippen molar-refractivity contribution in [1.29, 1.82) is 0 Å². The van der Waals surface area contributed by atoms with E-state index < -0.39 is 11.2 Å². The van der Waals surface area contributed by atoms with E-state index in [9.17, 15) is 14.4 Å². The van der Waals surface area contributed by atoms with Gasteiger partial charge in [-0.25, -0.2) is 4.79 Å². The van der Waals surface area contributed by atoms with Gasteiger partial charge in [-0.05, 0) is 35.0 Å². The van der Waals surface area contributed by atoms with E-state index in [0.717, 1.165) is 15.0 Å². The third-order valence-electron chi connectivity index (χ3n) is 5.39. The minimum Gasteiger partial charge on any atom is -0.336 e. The fourth-order valence-corrected chi connectivity index (χ4v) is 4.53. The maximum atomic E-state index is 13.3. The van der Waals surface area contributed by atoms with Crippen LogP contribution in [-0.2, 0) is 38.4 Å². The Morgan fingerprint density at radius 3 is 2.53 bits per heavy atom. The molecular formula is C22H22ClN5O3S. The van der Waals surface area contributed by atoms with Crippen LogP contribution in [0.15, 0.2) is 57.4 Å². The lowest BCUT2D eigenvalue weighted by atomic mass is 10.1. The summed E-state index contributed by atoms with van der Waals surface area (Å²) in [5, 5.41) is 1.96. The minimum absolute atomic E-state index is 0.00853. The smallest absolute Gasteiger partial charge is 0.332 e. The lowest BCUT2D eigenvalue weighted by Gasteiger charge is -2.23. The lowest BCUT2D eigenvalue weighted by molar-refractivity contribution is -0.132. The van der Waals surface area contributed by atoms with E-state index in [0.29, 0.717) is 19.5 Å². The number of benzene rings is 1. The van der Waals surface area contributed by atoms with Crippen molar-refractivity contribution in [3.8, 4) is 0 Å². The van der Waals surface area contributed by atoms with E-state index in [-0.39, 0.29) is 28.9 Å². The van der Waals surface area contributed by atoms with Crippen molar-refractivity contribution in [3.63, 3.8) is 0 Å². The molecule has 10 heteroatoms. The van der Waals surface area contributed by atoms with E-state index in [1.165, 1.54) is 23.2 Å². The molecule has 1 amide bonds. The molecule has 0 aliphatic carbocycles. The fourth-order valence-electron chi connectivity index (χ4n) is 3.59. The molecule has 0 fully saturated rings. The van der Waals surface area contributed by atoms with Gasteiger partial charge in [-0.2, -0.15) is 4.98 Å². The largest absolute Gasteiger partial charge is 0.336 e. The molecule has 0 aliphatic heterocycles. The van der Waals surface area contributed by atoms with Crippen molar-refractivity contribution in [2.45, 2.75) is 19.5 Å². The van der Waals surface area contributed by atoms with Gasteiger partial charge in [0.05, 0.1) is 6.54 Å². The number of imidazole rings is 1. The van der Waals surface area contributed by atoms with Crippen molar-refractivity contribution < 1.29 is 4.79 Å². The van der Waals surface area contributed by atoms with Crippen LogP contribution in [0.5, 0.6) is 0 Å². The highest BCUT2D eigenvalue weighted by Crippen LogP contribution is 2.18. The summed E-state index contributed by atoms with van der Waals surface area (Å²) in [6.45, 7) is 0.828. The van der Waals surface area contributed by atoms with Gasteiger partial charge < -0.3 is 4.90 Å². The molecule has 4 rings (SSSR count). The van der Waals surface area contributed by atoms with Crippen LogP contribution in [0.25, 0.3) is 11.2 Å². The average molecular weight is 472 g/mol. The van der Waals surface area contributed by atoms with Gasteiger partial charge in [-0.3, -0.25) is 23.3 Å². The van der Waals surface area contributed by atoms with Gasteiger partial charge >= 0.3 is 5.69 Å². The SMILES string of the molecule is Cn1c(=O)c2c(nc(Cl)n2CC(=O)N(CCc2ccccc2)Cc2cccs2)n(C)c1=O. The standard InChI is InChI=1S/C22H22ClN5O3S/c1-25-19-18(20(30)26(2)22(25)31)28(21(23)24-19)14-17(29)27(13-16-9-6-12-32-16)11-10-15-7-4-3-5-8-15/h3-9,12H,10-11,13-14H2,1-2H3. The molecule has 0 saturated heterocycles. The predicted octanol–water partition coefficient (Wildman–Crippen LogP) is 2.42. The van der Waals surface area contributed by atoms with E-state index in [2.05, 4.69) is 4.98 Å². The van der Waals surface area contributed by atoms with Crippen LogP contribution >= 0.6 is 22.9 Å². The van der Waals surface area contributed by atoms with E-state index in [1.807, 2.05) is 47.8 Å². The Labute approximate surface area is 192 Å². The Hall–Kier alpha value is -3.17. The second kappa shape index (κ2) is 9.13. The molecule has 32 heavy (non-hydrogen) atoms. The van der Waals surface area contributed by atoms with E-state index in [4.69, 9.17) is 11.6 Å². The summed E-state index contributed by atoms with van der Waals surface area (Å²) in [6, 6.07) is 13.9. The van der Waals surface area contributed by atoms with Crippen molar-refractivity contribution >= 4 is 40.0 Å². The van der Waals surface area contributed by atoms with Crippen LogP contribution in [0.1, 0.15) is 10.4 Å². The Morgan fingerprint density at radius 1 is 1.09 bits per heavy atom. The number of carbonyl (C=O) groups excluding carboxylic acids is 1. The highest BCUT2D eigenvalue weighted by Gasteiger charge is 2.22. The zero-order valence-electron chi connectivity index (χ0n) is 17.7. The van der Waals surface area contributed by atoms with Gasteiger partial charge in [0.2, 0.25) is 11.2 Å². The van der Waals surface area contributed by atoms with Crippen LogP contribution < -0.4 is 11.2 Å². The Balaban J connectivity index is 1.65. The zero-order valence-corrected chi connectivity index (χ0v) is 19.3. The first kappa shape index (κ1) is 22.0. The summed E-state index contributed by atoms with van der Waals surface area (Å²) >= 11 is 7.88. The Kier molecular flexibility index (Phi) is 6.29. The molecular weight excluding hydrogens is 450 g/mol. The van der Waals surface area contributed by atoms with E-state index >= 15 is 0 Å². The maximum Gasteiger partial charge on any atom is 0.332 e. The molecule has 1 aromatic carbocycles. The topological polar surface area (TPSA) is 82.1 Å². The van der Waals surface area contributed by atoms with Crippen LogP contribution in [0.3, 0.4) is 0 Å². The number of thiophene rings is 1. The number of hydrogen-bond acceptors (Lipinski definition) is 5. The summed E-state index contributed by atoms with van der Waals surface area (Å²) in [5.41, 5.74) is 0.380. The monoisotopic (exact) mass is 471 g/mol. The number of aryl methyl sites for hydroxylation is 1. The first-order valence-electron chi connectivity index (χ1n) is 10.0. The predicted molar refractivity (Wildman–Crippen MR) is 125 cm³/mol. The number of halogens is 1. The van der Waals surface area contributed by atoms with Gasteiger partial charge in [0.15, 0.2) is 11.2 Å². The lowest BCUT2D eigenvalue weighted by Crippen LogP contribution is -2.39. The molecule has 3 heterocycles. The molecule has 0 unspecified atom stereocenters. The summed E-state index contributed by atoms with van der Waals surface area (Å²) in [6.07, 6.45) is 0.701. The molecule has 3 aromatic heterocycles. The molecule has 4 aromatic rings. The summed E-state index contributed by atoms with van der Waals surface area (Å²) in [5.74, 6) is -0.188. The summed E-state index contributed by atoms with van der Waals surface area (Å²) < 4.78 is 3.62. The molecule has 0 atom stereocenters. The molecule has 0 spiro atoms.